The van der Waals surface area contributed by atoms with Crippen molar-refractivity contribution >= 4 is 29.3 Å². The normalized spacial score (nSPS) is 20.5. The number of hydrogen-bond donors (Lipinski definition) is 0. The summed E-state index contributed by atoms with van der Waals surface area (Å²) in [6, 6.07) is 6.45. The summed E-state index contributed by atoms with van der Waals surface area (Å²) in [5.41, 5.74) is 3.77. The highest BCUT2D eigenvalue weighted by Gasteiger charge is 2.30. The number of nitrogens with zero attached hydrogens (tertiary/aromatic N) is 2. The van der Waals surface area contributed by atoms with E-state index in [4.69, 9.17) is 4.74 Å². The van der Waals surface area contributed by atoms with Gasteiger partial charge in [-0.2, -0.15) is 0 Å². The monoisotopic (exact) mass is 348 g/mol. The first-order valence-corrected chi connectivity index (χ1v) is 9.45. The van der Waals surface area contributed by atoms with Gasteiger partial charge in [0.2, 0.25) is 5.91 Å². The number of ether oxygens (including phenoxy) is 1. The van der Waals surface area contributed by atoms with Gasteiger partial charge < -0.3 is 14.5 Å². The summed E-state index contributed by atoms with van der Waals surface area (Å²) >= 11 is 1.57. The van der Waals surface area contributed by atoms with Gasteiger partial charge in [0.15, 0.2) is 0 Å². The predicted octanol–water partition coefficient (Wildman–Crippen LogP) is 1.86. The Kier molecular flexibility index (Phi) is 5.33. The highest BCUT2D eigenvalue weighted by molar-refractivity contribution is 8.00. The maximum absolute atomic E-state index is 12.7. The first-order chi connectivity index (χ1) is 11.6. The standard InChI is InChI=1S/C18H24N2O3S/c1-13-5-6-15-14(10-13)4-3-7-19(15)12-17(21)20-8-9-24-16(11-20)18(22)23-2/h5-6,10,16H,3-4,7-9,11-12H2,1-2H3/t16-/m1/s1. The number of hydrogen-bond acceptors (Lipinski definition) is 5. The fraction of sp³-hybridized carbons (Fsp3) is 0.556. The van der Waals surface area contributed by atoms with Gasteiger partial charge in [0.1, 0.15) is 5.25 Å². The zero-order valence-electron chi connectivity index (χ0n) is 14.3. The van der Waals surface area contributed by atoms with Gasteiger partial charge in [-0.25, -0.2) is 0 Å². The number of thioether (sulfide) groups is 1. The SMILES string of the molecule is COC(=O)[C@H]1CN(C(=O)CN2CCCc3cc(C)ccc32)CCS1. The highest BCUT2D eigenvalue weighted by Crippen LogP contribution is 2.28. The molecule has 3 rings (SSSR count). The third-order valence-electron chi connectivity index (χ3n) is 4.66. The molecule has 0 aliphatic carbocycles. The van der Waals surface area contributed by atoms with Crippen LogP contribution in [-0.4, -0.2) is 61.1 Å². The van der Waals surface area contributed by atoms with Crippen LogP contribution in [0.4, 0.5) is 5.69 Å². The van der Waals surface area contributed by atoms with Crippen molar-refractivity contribution in [2.75, 3.05) is 43.9 Å². The molecule has 0 unspecified atom stereocenters. The molecule has 0 saturated carbocycles. The van der Waals surface area contributed by atoms with E-state index in [1.165, 1.54) is 23.9 Å². The van der Waals surface area contributed by atoms with Crippen molar-refractivity contribution in [3.05, 3.63) is 29.3 Å². The Hall–Kier alpha value is -1.69. The average Bonchev–Trinajstić information content (AvgIpc) is 2.61. The maximum Gasteiger partial charge on any atom is 0.320 e. The molecule has 24 heavy (non-hydrogen) atoms. The molecule has 2 heterocycles. The molecule has 1 aromatic rings. The first kappa shape index (κ1) is 17.1. The van der Waals surface area contributed by atoms with Crippen molar-refractivity contribution < 1.29 is 14.3 Å². The maximum atomic E-state index is 12.7. The Bertz CT molecular complexity index is 635. The van der Waals surface area contributed by atoms with Crippen molar-refractivity contribution in [2.45, 2.75) is 25.0 Å². The minimum atomic E-state index is -0.260. The van der Waals surface area contributed by atoms with Crippen LogP contribution in [0.1, 0.15) is 17.5 Å². The topological polar surface area (TPSA) is 49.9 Å². The lowest BCUT2D eigenvalue weighted by molar-refractivity contribution is -0.141. The number of benzene rings is 1. The molecule has 1 amide bonds. The molecule has 130 valence electrons. The van der Waals surface area contributed by atoms with Crippen LogP contribution in [0.2, 0.25) is 0 Å². The van der Waals surface area contributed by atoms with E-state index in [1.807, 2.05) is 0 Å². The minimum Gasteiger partial charge on any atom is -0.468 e. The van der Waals surface area contributed by atoms with E-state index in [0.717, 1.165) is 25.1 Å². The molecular formula is C18H24N2O3S. The first-order valence-electron chi connectivity index (χ1n) is 8.40. The zero-order chi connectivity index (χ0) is 17.1. The van der Waals surface area contributed by atoms with Crippen LogP contribution in [0.15, 0.2) is 18.2 Å². The van der Waals surface area contributed by atoms with Gasteiger partial charge in [0.25, 0.3) is 0 Å². The van der Waals surface area contributed by atoms with Gasteiger partial charge in [-0.3, -0.25) is 9.59 Å². The van der Waals surface area contributed by atoms with Gasteiger partial charge in [-0.1, -0.05) is 17.7 Å². The lowest BCUT2D eigenvalue weighted by Gasteiger charge is -2.35. The molecule has 1 aromatic carbocycles. The number of carbonyl (C=O) groups excluding carboxylic acids is 2. The van der Waals surface area contributed by atoms with Crippen LogP contribution in [0.25, 0.3) is 0 Å². The van der Waals surface area contributed by atoms with Crippen molar-refractivity contribution in [2.24, 2.45) is 0 Å². The van der Waals surface area contributed by atoms with E-state index >= 15 is 0 Å². The molecule has 0 aromatic heterocycles. The number of aryl methyl sites for hydroxylation is 2. The second-order valence-corrected chi connectivity index (χ2v) is 7.69. The predicted molar refractivity (Wildman–Crippen MR) is 96.6 cm³/mol. The number of rotatable bonds is 3. The van der Waals surface area contributed by atoms with E-state index < -0.39 is 0 Å². The molecular weight excluding hydrogens is 324 g/mol. The second kappa shape index (κ2) is 7.47. The lowest BCUT2D eigenvalue weighted by Crippen LogP contribution is -2.49. The summed E-state index contributed by atoms with van der Waals surface area (Å²) < 4.78 is 4.82. The molecule has 6 heteroatoms. The smallest absolute Gasteiger partial charge is 0.320 e. The van der Waals surface area contributed by atoms with Crippen molar-refractivity contribution in [1.29, 1.82) is 0 Å². The van der Waals surface area contributed by atoms with E-state index in [0.29, 0.717) is 19.6 Å². The largest absolute Gasteiger partial charge is 0.468 e. The summed E-state index contributed by atoms with van der Waals surface area (Å²) in [4.78, 5) is 28.4. The van der Waals surface area contributed by atoms with E-state index in [2.05, 4.69) is 30.0 Å². The van der Waals surface area contributed by atoms with Crippen LogP contribution in [0.5, 0.6) is 0 Å². The van der Waals surface area contributed by atoms with E-state index in [1.54, 1.807) is 16.7 Å². The molecule has 0 N–H and O–H groups in total. The summed E-state index contributed by atoms with van der Waals surface area (Å²) in [5.74, 6) is 0.635. The number of esters is 1. The van der Waals surface area contributed by atoms with Crippen molar-refractivity contribution in [1.82, 2.24) is 4.90 Å². The van der Waals surface area contributed by atoms with Crippen LogP contribution < -0.4 is 4.90 Å². The molecule has 0 bridgehead atoms. The van der Waals surface area contributed by atoms with Gasteiger partial charge in [0, 0.05) is 31.1 Å². The minimum absolute atomic E-state index is 0.0950. The van der Waals surface area contributed by atoms with Crippen LogP contribution in [0.3, 0.4) is 0 Å². The number of fused-ring (bicyclic) bond motifs is 1. The Morgan fingerprint density at radius 2 is 2.17 bits per heavy atom. The highest BCUT2D eigenvalue weighted by atomic mass is 32.2. The lowest BCUT2D eigenvalue weighted by atomic mass is 9.99. The van der Waals surface area contributed by atoms with Crippen molar-refractivity contribution in [3.8, 4) is 0 Å². The van der Waals surface area contributed by atoms with Gasteiger partial charge in [-0.05, 0) is 31.4 Å². The third kappa shape index (κ3) is 3.69. The number of amides is 1. The molecule has 1 saturated heterocycles. The molecule has 2 aliphatic heterocycles. The fourth-order valence-corrected chi connectivity index (χ4v) is 4.51. The Balaban J connectivity index is 1.66. The number of anilines is 1. The molecule has 5 nitrogen and oxygen atoms in total. The van der Waals surface area contributed by atoms with E-state index in [-0.39, 0.29) is 17.1 Å². The fourth-order valence-electron chi connectivity index (χ4n) is 3.38. The zero-order valence-corrected chi connectivity index (χ0v) is 15.1. The van der Waals surface area contributed by atoms with Crippen molar-refractivity contribution in [3.63, 3.8) is 0 Å². The molecule has 0 spiro atoms. The molecule has 1 fully saturated rings. The van der Waals surface area contributed by atoms with Crippen LogP contribution in [-0.2, 0) is 20.7 Å². The quantitative estimate of drug-likeness (QED) is 0.781. The number of carbonyl (C=O) groups is 2. The summed E-state index contributed by atoms with van der Waals surface area (Å²) in [6.07, 6.45) is 2.15. The van der Waals surface area contributed by atoms with Gasteiger partial charge in [0.05, 0.1) is 13.7 Å². The average molecular weight is 348 g/mol. The molecule has 0 radical (unpaired) electrons. The molecule has 1 atom stereocenters. The third-order valence-corrected chi connectivity index (χ3v) is 5.82. The Morgan fingerprint density at radius 3 is 2.96 bits per heavy atom. The van der Waals surface area contributed by atoms with Gasteiger partial charge in [-0.15, -0.1) is 11.8 Å². The van der Waals surface area contributed by atoms with Crippen LogP contribution in [0, 0.1) is 6.92 Å². The Labute approximate surface area is 147 Å². The molecule has 2 aliphatic rings. The van der Waals surface area contributed by atoms with Crippen LogP contribution >= 0.6 is 11.8 Å². The second-order valence-electron chi connectivity index (χ2n) is 6.38. The summed E-state index contributed by atoms with van der Waals surface area (Å²) in [7, 11) is 1.40. The summed E-state index contributed by atoms with van der Waals surface area (Å²) in [5, 5.41) is -0.260. The summed E-state index contributed by atoms with van der Waals surface area (Å²) in [6.45, 7) is 4.54. The van der Waals surface area contributed by atoms with Gasteiger partial charge >= 0.3 is 5.97 Å². The number of methoxy groups -OCH3 is 1. The van der Waals surface area contributed by atoms with E-state index in [9.17, 15) is 9.59 Å². The Morgan fingerprint density at radius 1 is 1.33 bits per heavy atom.